The number of piperazine rings is 1. The van der Waals surface area contributed by atoms with Gasteiger partial charge in [0.1, 0.15) is 11.4 Å². The van der Waals surface area contributed by atoms with Crippen LogP contribution in [0, 0.1) is 16.7 Å². The second-order valence-electron chi connectivity index (χ2n) is 12.0. The Kier molecular flexibility index (Phi) is 7.57. The molecule has 1 spiro atoms. The molecule has 1 aromatic heterocycles. The SMILES string of the molecule is CS(=O)c1nc2c(c(N3CCN(C(=O)OC(C)(C)C)[C@@H](CC#N)C3)n1)CCC1(CC(=O)N(c3ccccc3)C1)C2. The lowest BCUT2D eigenvalue weighted by atomic mass is 9.72. The van der Waals surface area contributed by atoms with Crippen LogP contribution in [-0.4, -0.2) is 75.2 Å². The largest absolute Gasteiger partial charge is 0.444 e. The van der Waals surface area contributed by atoms with Crippen molar-refractivity contribution in [3.8, 4) is 6.07 Å². The molecule has 0 saturated carbocycles. The fraction of sp³-hybridized carbons (Fsp3) is 0.552. The third-order valence-corrected chi connectivity index (χ3v) is 8.58. The van der Waals surface area contributed by atoms with Gasteiger partial charge in [0.2, 0.25) is 11.1 Å². The number of carbonyl (C=O) groups excluding carboxylic acids is 2. The normalized spacial score (nSPS) is 23.6. The maximum absolute atomic E-state index is 13.1. The summed E-state index contributed by atoms with van der Waals surface area (Å²) < 4.78 is 18.2. The molecule has 1 aliphatic carbocycles. The second-order valence-corrected chi connectivity index (χ2v) is 13.3. The molecule has 2 fully saturated rings. The minimum Gasteiger partial charge on any atom is -0.444 e. The topological polar surface area (TPSA) is 120 Å². The molecule has 212 valence electrons. The van der Waals surface area contributed by atoms with Gasteiger partial charge in [-0.15, -0.1) is 0 Å². The number of fused-ring (bicyclic) bond motifs is 1. The summed E-state index contributed by atoms with van der Waals surface area (Å²) in [7, 11) is -1.40. The van der Waals surface area contributed by atoms with Gasteiger partial charge in [0.15, 0.2) is 0 Å². The van der Waals surface area contributed by atoms with Crippen molar-refractivity contribution in [1.82, 2.24) is 14.9 Å². The quantitative estimate of drug-likeness (QED) is 0.518. The predicted octanol–water partition coefficient (Wildman–Crippen LogP) is 3.47. The fourth-order valence-electron chi connectivity index (χ4n) is 6.03. The molecule has 1 aromatic carbocycles. The molecule has 0 N–H and O–H groups in total. The van der Waals surface area contributed by atoms with E-state index in [4.69, 9.17) is 14.7 Å². The molecule has 0 bridgehead atoms. The van der Waals surface area contributed by atoms with Crippen molar-refractivity contribution in [1.29, 1.82) is 5.26 Å². The molecule has 3 atom stereocenters. The van der Waals surface area contributed by atoms with Crippen LogP contribution in [0.25, 0.3) is 0 Å². The van der Waals surface area contributed by atoms with Crippen molar-refractivity contribution < 1.29 is 18.5 Å². The number of benzene rings is 1. The first-order valence-electron chi connectivity index (χ1n) is 13.7. The number of nitrogens with zero attached hydrogens (tertiary/aromatic N) is 6. The highest BCUT2D eigenvalue weighted by Crippen LogP contribution is 2.46. The van der Waals surface area contributed by atoms with Crippen molar-refractivity contribution in [3.63, 3.8) is 0 Å². The van der Waals surface area contributed by atoms with Gasteiger partial charge in [0.25, 0.3) is 0 Å². The minimum atomic E-state index is -1.40. The zero-order valence-electron chi connectivity index (χ0n) is 23.6. The van der Waals surface area contributed by atoms with E-state index >= 15 is 0 Å². The molecule has 2 saturated heterocycles. The van der Waals surface area contributed by atoms with Crippen LogP contribution < -0.4 is 9.80 Å². The van der Waals surface area contributed by atoms with Crippen LogP contribution in [0.2, 0.25) is 0 Å². The van der Waals surface area contributed by atoms with Gasteiger partial charge in [-0.3, -0.25) is 9.00 Å². The van der Waals surface area contributed by atoms with E-state index in [0.717, 1.165) is 29.2 Å². The average molecular weight is 565 g/mol. The molecule has 5 rings (SSSR count). The van der Waals surface area contributed by atoms with Gasteiger partial charge in [-0.05, 0) is 52.2 Å². The standard InChI is InChI=1S/C29H36N6O4S/c1-28(2,3)39-27(37)34-15-14-33(18-21(34)11-13-30)25-22-10-12-29(16-23(22)31-26(32-25)40(4)38)17-24(36)35(19-29)20-8-6-5-7-9-20/h5-9,21H,10-12,14-19H2,1-4H3/t21-,29?,40?/m0/s1. The van der Waals surface area contributed by atoms with Crippen LogP contribution in [0.15, 0.2) is 35.5 Å². The Morgan fingerprint density at radius 3 is 2.62 bits per heavy atom. The third kappa shape index (κ3) is 5.68. The Labute approximate surface area is 237 Å². The van der Waals surface area contributed by atoms with Gasteiger partial charge < -0.3 is 19.4 Å². The smallest absolute Gasteiger partial charge is 0.410 e. The molecular weight excluding hydrogens is 528 g/mol. The highest BCUT2D eigenvalue weighted by molar-refractivity contribution is 7.84. The summed E-state index contributed by atoms with van der Waals surface area (Å²) in [6, 6.07) is 11.6. The van der Waals surface area contributed by atoms with E-state index in [0.29, 0.717) is 45.4 Å². The predicted molar refractivity (Wildman–Crippen MR) is 151 cm³/mol. The second kappa shape index (κ2) is 10.8. The van der Waals surface area contributed by atoms with Crippen LogP contribution in [0.4, 0.5) is 16.3 Å². The van der Waals surface area contributed by atoms with Crippen LogP contribution in [0.3, 0.4) is 0 Å². The molecule has 2 aromatic rings. The van der Waals surface area contributed by atoms with Gasteiger partial charge in [-0.1, -0.05) is 18.2 Å². The molecule has 2 aliphatic heterocycles. The molecule has 2 amide bonds. The van der Waals surface area contributed by atoms with E-state index < -0.39 is 22.5 Å². The summed E-state index contributed by atoms with van der Waals surface area (Å²) in [6.45, 7) is 7.40. The fourth-order valence-corrected chi connectivity index (χ4v) is 6.49. The zero-order valence-corrected chi connectivity index (χ0v) is 24.4. The van der Waals surface area contributed by atoms with Gasteiger partial charge in [0, 0.05) is 55.5 Å². The summed E-state index contributed by atoms with van der Waals surface area (Å²) in [5.74, 6) is 0.835. The molecule has 3 aliphatic rings. The first-order valence-corrected chi connectivity index (χ1v) is 15.2. The molecular formula is C29H36N6O4S. The monoisotopic (exact) mass is 564 g/mol. The lowest BCUT2D eigenvalue weighted by Gasteiger charge is -2.43. The number of para-hydroxylation sites is 1. The zero-order chi connectivity index (χ0) is 28.7. The summed E-state index contributed by atoms with van der Waals surface area (Å²) in [5, 5.41) is 9.78. The van der Waals surface area contributed by atoms with Crippen molar-refractivity contribution in [2.24, 2.45) is 5.41 Å². The first kappa shape index (κ1) is 28.0. The van der Waals surface area contributed by atoms with Crippen LogP contribution >= 0.6 is 0 Å². The molecule has 40 heavy (non-hydrogen) atoms. The van der Waals surface area contributed by atoms with E-state index in [1.165, 1.54) is 0 Å². The Morgan fingerprint density at radius 1 is 1.20 bits per heavy atom. The number of carbonyl (C=O) groups is 2. The molecule has 2 unspecified atom stereocenters. The van der Waals surface area contributed by atoms with Gasteiger partial charge >= 0.3 is 6.09 Å². The minimum absolute atomic E-state index is 0.112. The van der Waals surface area contributed by atoms with Crippen molar-refractivity contribution >= 4 is 34.3 Å². The van der Waals surface area contributed by atoms with Crippen molar-refractivity contribution in [2.75, 3.05) is 42.2 Å². The Bertz CT molecular complexity index is 1370. The maximum atomic E-state index is 13.1. The number of ether oxygens (including phenoxy) is 1. The number of aromatic nitrogens is 2. The number of nitriles is 1. The maximum Gasteiger partial charge on any atom is 0.410 e. The lowest BCUT2D eigenvalue weighted by molar-refractivity contribution is -0.117. The highest BCUT2D eigenvalue weighted by Gasteiger charge is 2.47. The number of hydrogen-bond acceptors (Lipinski definition) is 8. The number of rotatable bonds is 4. The lowest BCUT2D eigenvalue weighted by Crippen LogP contribution is -2.56. The van der Waals surface area contributed by atoms with E-state index in [1.807, 2.05) is 56.0 Å². The Hall–Kier alpha value is -3.52. The Morgan fingerprint density at radius 2 is 1.95 bits per heavy atom. The van der Waals surface area contributed by atoms with Gasteiger partial charge in [-0.25, -0.2) is 14.8 Å². The van der Waals surface area contributed by atoms with E-state index in [2.05, 4.69) is 11.0 Å². The van der Waals surface area contributed by atoms with Crippen LogP contribution in [0.1, 0.15) is 51.3 Å². The average Bonchev–Trinajstić information content (AvgIpc) is 3.22. The first-order chi connectivity index (χ1) is 19.0. The molecule has 3 heterocycles. The summed E-state index contributed by atoms with van der Waals surface area (Å²) in [5.41, 5.74) is 1.88. The van der Waals surface area contributed by atoms with Gasteiger partial charge in [0.05, 0.1) is 35.0 Å². The van der Waals surface area contributed by atoms with Gasteiger partial charge in [-0.2, -0.15) is 5.26 Å². The summed E-state index contributed by atoms with van der Waals surface area (Å²) >= 11 is 0. The third-order valence-electron chi connectivity index (χ3n) is 7.88. The number of amides is 2. The van der Waals surface area contributed by atoms with Crippen molar-refractivity contribution in [2.45, 2.75) is 69.7 Å². The Balaban J connectivity index is 1.42. The molecule has 10 nitrogen and oxygen atoms in total. The van der Waals surface area contributed by atoms with Crippen molar-refractivity contribution in [3.05, 3.63) is 41.6 Å². The number of anilines is 2. The van der Waals surface area contributed by atoms with E-state index in [-0.39, 0.29) is 28.9 Å². The van der Waals surface area contributed by atoms with E-state index in [9.17, 15) is 19.1 Å². The van der Waals surface area contributed by atoms with Crippen LogP contribution in [-0.2, 0) is 33.2 Å². The summed E-state index contributed by atoms with van der Waals surface area (Å²) in [4.78, 5) is 41.1. The molecule has 0 radical (unpaired) electrons. The summed E-state index contributed by atoms with van der Waals surface area (Å²) in [6.07, 6.45) is 3.88. The number of hydrogen-bond donors (Lipinski definition) is 0. The van der Waals surface area contributed by atoms with E-state index in [1.54, 1.807) is 11.2 Å². The highest BCUT2D eigenvalue weighted by atomic mass is 32.2. The molecule has 11 heteroatoms. The van der Waals surface area contributed by atoms with Crippen LogP contribution in [0.5, 0.6) is 0 Å².